The lowest BCUT2D eigenvalue weighted by Crippen LogP contribution is -2.20. The fourth-order valence-corrected chi connectivity index (χ4v) is 3.12. The van der Waals surface area contributed by atoms with Crippen molar-refractivity contribution in [2.45, 2.75) is 12.8 Å². The van der Waals surface area contributed by atoms with Crippen molar-refractivity contribution in [3.63, 3.8) is 0 Å². The Labute approximate surface area is 156 Å². The highest BCUT2D eigenvalue weighted by Crippen LogP contribution is 2.31. The van der Waals surface area contributed by atoms with Gasteiger partial charge in [0, 0.05) is 43.0 Å². The lowest BCUT2D eigenvalue weighted by Gasteiger charge is -2.17. The van der Waals surface area contributed by atoms with E-state index in [0.29, 0.717) is 16.9 Å². The van der Waals surface area contributed by atoms with Crippen molar-refractivity contribution in [3.8, 4) is 0 Å². The average molecular weight is 368 g/mol. The summed E-state index contributed by atoms with van der Waals surface area (Å²) in [5.74, 6) is -0.739. The van der Waals surface area contributed by atoms with Gasteiger partial charge in [-0.25, -0.2) is 0 Å². The molecule has 2 aromatic rings. The Bertz CT molecular complexity index is 891. The normalized spacial score (nSPS) is 13.3. The van der Waals surface area contributed by atoms with E-state index in [9.17, 15) is 19.7 Å². The van der Waals surface area contributed by atoms with Crippen LogP contribution in [0.2, 0.25) is 0 Å². The number of nitro groups is 1. The van der Waals surface area contributed by atoms with Gasteiger partial charge >= 0.3 is 0 Å². The van der Waals surface area contributed by atoms with Crippen molar-refractivity contribution in [1.82, 2.24) is 5.32 Å². The number of nitrogens with zero attached hydrogens (tertiary/aromatic N) is 2. The first kappa shape index (κ1) is 18.4. The Morgan fingerprint density at radius 2 is 1.74 bits per heavy atom. The van der Waals surface area contributed by atoms with Gasteiger partial charge in [0.25, 0.3) is 17.5 Å². The molecule has 2 N–H and O–H groups in total. The van der Waals surface area contributed by atoms with Gasteiger partial charge in [-0.05, 0) is 43.2 Å². The van der Waals surface area contributed by atoms with Crippen LogP contribution in [0.4, 0.5) is 17.1 Å². The second-order valence-corrected chi connectivity index (χ2v) is 6.27. The van der Waals surface area contributed by atoms with Crippen molar-refractivity contribution < 1.29 is 14.5 Å². The quantitative estimate of drug-likeness (QED) is 0.624. The molecule has 0 aliphatic carbocycles. The fraction of sp³-hybridized carbons (Fsp3) is 0.263. The molecule has 0 spiro atoms. The maximum Gasteiger partial charge on any atom is 0.293 e. The van der Waals surface area contributed by atoms with Gasteiger partial charge in [-0.1, -0.05) is 6.07 Å². The first-order chi connectivity index (χ1) is 13.0. The van der Waals surface area contributed by atoms with Gasteiger partial charge < -0.3 is 15.5 Å². The van der Waals surface area contributed by atoms with Crippen LogP contribution in [0.25, 0.3) is 0 Å². The smallest absolute Gasteiger partial charge is 0.293 e. The van der Waals surface area contributed by atoms with Crippen molar-refractivity contribution in [1.29, 1.82) is 0 Å². The van der Waals surface area contributed by atoms with E-state index in [4.69, 9.17) is 0 Å². The molecule has 0 bridgehead atoms. The van der Waals surface area contributed by atoms with Crippen molar-refractivity contribution in [3.05, 3.63) is 63.7 Å². The number of anilines is 2. The summed E-state index contributed by atoms with van der Waals surface area (Å²) < 4.78 is 0. The van der Waals surface area contributed by atoms with Crippen LogP contribution in [-0.4, -0.2) is 36.9 Å². The molecule has 1 fully saturated rings. The highest BCUT2D eigenvalue weighted by atomic mass is 16.6. The maximum atomic E-state index is 12.5. The zero-order valence-electron chi connectivity index (χ0n) is 14.9. The molecule has 1 aliphatic heterocycles. The third kappa shape index (κ3) is 4.05. The van der Waals surface area contributed by atoms with Crippen LogP contribution in [0.15, 0.2) is 42.5 Å². The number of hydrogen-bond donors (Lipinski definition) is 2. The van der Waals surface area contributed by atoms with E-state index < -0.39 is 10.8 Å². The summed E-state index contributed by atoms with van der Waals surface area (Å²) in [5.41, 5.74) is 1.49. The molecule has 2 amide bonds. The second-order valence-electron chi connectivity index (χ2n) is 6.27. The topological polar surface area (TPSA) is 105 Å². The van der Waals surface area contributed by atoms with Gasteiger partial charge in [-0.15, -0.1) is 0 Å². The summed E-state index contributed by atoms with van der Waals surface area (Å²) in [7, 11) is 1.52. The van der Waals surface area contributed by atoms with Crippen molar-refractivity contribution in [2.75, 3.05) is 30.4 Å². The van der Waals surface area contributed by atoms with Crippen LogP contribution in [-0.2, 0) is 0 Å². The van der Waals surface area contributed by atoms with Crippen LogP contribution in [0, 0.1) is 10.1 Å². The molecule has 0 atom stereocenters. The number of rotatable bonds is 5. The highest BCUT2D eigenvalue weighted by Gasteiger charge is 2.24. The Morgan fingerprint density at radius 1 is 1.04 bits per heavy atom. The summed E-state index contributed by atoms with van der Waals surface area (Å²) >= 11 is 0. The Morgan fingerprint density at radius 3 is 2.41 bits per heavy atom. The van der Waals surface area contributed by atoms with Gasteiger partial charge in [0.1, 0.15) is 5.69 Å². The summed E-state index contributed by atoms with van der Waals surface area (Å²) in [4.78, 5) is 37.2. The van der Waals surface area contributed by atoms with E-state index in [0.717, 1.165) is 25.9 Å². The molecule has 27 heavy (non-hydrogen) atoms. The summed E-state index contributed by atoms with van der Waals surface area (Å²) in [6.07, 6.45) is 2.00. The minimum Gasteiger partial charge on any atom is -0.366 e. The molecule has 8 nitrogen and oxygen atoms in total. The van der Waals surface area contributed by atoms with Gasteiger partial charge in [-0.3, -0.25) is 19.7 Å². The fourth-order valence-electron chi connectivity index (χ4n) is 3.12. The number of carbonyl (C=O) groups is 2. The zero-order valence-corrected chi connectivity index (χ0v) is 14.9. The van der Waals surface area contributed by atoms with Crippen LogP contribution in [0.3, 0.4) is 0 Å². The highest BCUT2D eigenvalue weighted by molar-refractivity contribution is 6.06. The Kier molecular flexibility index (Phi) is 5.35. The first-order valence-corrected chi connectivity index (χ1v) is 8.66. The van der Waals surface area contributed by atoms with Crippen LogP contribution in [0.5, 0.6) is 0 Å². The van der Waals surface area contributed by atoms with E-state index in [1.165, 1.54) is 13.1 Å². The Balaban J connectivity index is 1.83. The number of nitro benzene ring substituents is 1. The maximum absolute atomic E-state index is 12.5. The van der Waals surface area contributed by atoms with E-state index in [2.05, 4.69) is 10.6 Å². The number of amides is 2. The van der Waals surface area contributed by atoms with Gasteiger partial charge in [-0.2, -0.15) is 0 Å². The molecule has 140 valence electrons. The number of hydrogen-bond acceptors (Lipinski definition) is 5. The summed E-state index contributed by atoms with van der Waals surface area (Å²) in [6, 6.07) is 11.0. The average Bonchev–Trinajstić information content (AvgIpc) is 3.21. The molecule has 8 heteroatoms. The molecular weight excluding hydrogens is 348 g/mol. The minimum atomic E-state index is -0.472. The van der Waals surface area contributed by atoms with Gasteiger partial charge in [0.2, 0.25) is 0 Å². The molecule has 0 saturated carbocycles. The zero-order chi connectivity index (χ0) is 19.4. The molecule has 1 saturated heterocycles. The third-order valence-corrected chi connectivity index (χ3v) is 4.49. The number of nitrogens with one attached hydrogen (secondary N) is 2. The molecule has 1 aliphatic rings. The van der Waals surface area contributed by atoms with E-state index in [1.54, 1.807) is 36.4 Å². The first-order valence-electron chi connectivity index (χ1n) is 8.66. The molecular formula is C19H20N4O4. The van der Waals surface area contributed by atoms with Gasteiger partial charge in [0.15, 0.2) is 0 Å². The minimum absolute atomic E-state index is 0.0799. The molecule has 0 unspecified atom stereocenters. The van der Waals surface area contributed by atoms with Crippen LogP contribution in [0.1, 0.15) is 33.6 Å². The van der Waals surface area contributed by atoms with Crippen molar-refractivity contribution >= 4 is 28.9 Å². The third-order valence-electron chi connectivity index (χ3n) is 4.49. The molecule has 1 heterocycles. The second kappa shape index (κ2) is 7.86. The molecule has 0 radical (unpaired) electrons. The summed E-state index contributed by atoms with van der Waals surface area (Å²) in [5, 5.41) is 16.7. The van der Waals surface area contributed by atoms with Crippen LogP contribution < -0.4 is 15.5 Å². The predicted molar refractivity (Wildman–Crippen MR) is 102 cm³/mol. The monoisotopic (exact) mass is 368 g/mol. The molecule has 3 rings (SSSR count). The molecule has 2 aromatic carbocycles. The number of benzene rings is 2. The lowest BCUT2D eigenvalue weighted by molar-refractivity contribution is -0.384. The lowest BCUT2D eigenvalue weighted by atomic mass is 10.1. The Hall–Kier alpha value is -3.42. The number of carbonyl (C=O) groups excluding carboxylic acids is 2. The van der Waals surface area contributed by atoms with E-state index in [-0.39, 0.29) is 17.2 Å². The summed E-state index contributed by atoms with van der Waals surface area (Å²) in [6.45, 7) is 1.55. The van der Waals surface area contributed by atoms with Crippen molar-refractivity contribution in [2.24, 2.45) is 0 Å². The molecule has 0 aromatic heterocycles. The SMILES string of the molecule is CNC(=O)c1cccc(NC(=O)c2ccc(N3CCCC3)c([N+](=O)[O-])c2)c1. The van der Waals surface area contributed by atoms with Crippen LogP contribution >= 0.6 is 0 Å². The van der Waals surface area contributed by atoms with Gasteiger partial charge in [0.05, 0.1) is 4.92 Å². The largest absolute Gasteiger partial charge is 0.366 e. The van der Waals surface area contributed by atoms with E-state index >= 15 is 0 Å². The van der Waals surface area contributed by atoms with E-state index in [1.807, 2.05) is 4.90 Å². The predicted octanol–water partition coefficient (Wildman–Crippen LogP) is 2.81. The standard InChI is InChI=1S/C19H20N4O4/c1-20-18(24)13-5-4-6-15(11-13)21-19(25)14-7-8-16(17(12-14)23(26)27)22-9-2-3-10-22/h4-8,11-12H,2-3,9-10H2,1H3,(H,20,24)(H,21,25).